The van der Waals surface area contributed by atoms with Gasteiger partial charge in [0.25, 0.3) is 0 Å². The molecule has 1 aromatic carbocycles. The highest BCUT2D eigenvalue weighted by molar-refractivity contribution is 7.20. The summed E-state index contributed by atoms with van der Waals surface area (Å²) in [5.74, 6) is 0.746. The summed E-state index contributed by atoms with van der Waals surface area (Å²) in [5, 5.41) is 10.3. The first-order valence-electron chi connectivity index (χ1n) is 5.97. The molecule has 2 rings (SSSR count). The lowest BCUT2D eigenvalue weighted by molar-refractivity contribution is 0.220. The van der Waals surface area contributed by atoms with Crippen LogP contribution in [-0.2, 0) is 0 Å². The van der Waals surface area contributed by atoms with Gasteiger partial charge in [-0.15, -0.1) is 11.3 Å². The Morgan fingerprint density at radius 1 is 1.32 bits per heavy atom. The zero-order valence-corrected chi connectivity index (χ0v) is 12.7. The molecule has 1 aromatic heterocycles. The summed E-state index contributed by atoms with van der Waals surface area (Å²) in [4.78, 5) is 0. The standard InChI is InChI=1S/C14H14Cl2O2S/c1-2-6-18-10-5-3-4-9(7-10)13(17)11-8-12(15)19-14(11)16/h3-5,7-8,13,17H,2,6H2,1H3. The quantitative estimate of drug-likeness (QED) is 0.847. The predicted octanol–water partition coefficient (Wildman–Crippen LogP) is 4.93. The number of hydrogen-bond acceptors (Lipinski definition) is 3. The van der Waals surface area contributed by atoms with E-state index >= 15 is 0 Å². The van der Waals surface area contributed by atoms with E-state index in [0.29, 0.717) is 20.8 Å². The monoisotopic (exact) mass is 316 g/mol. The lowest BCUT2D eigenvalue weighted by Gasteiger charge is -2.12. The largest absolute Gasteiger partial charge is 0.494 e. The summed E-state index contributed by atoms with van der Waals surface area (Å²) in [6.45, 7) is 2.70. The topological polar surface area (TPSA) is 29.5 Å². The zero-order valence-electron chi connectivity index (χ0n) is 10.4. The van der Waals surface area contributed by atoms with E-state index < -0.39 is 6.10 Å². The highest BCUT2D eigenvalue weighted by Crippen LogP contribution is 2.37. The summed E-state index contributed by atoms with van der Waals surface area (Å²) in [6.07, 6.45) is 0.153. The summed E-state index contributed by atoms with van der Waals surface area (Å²) >= 11 is 13.2. The Morgan fingerprint density at radius 3 is 2.74 bits per heavy atom. The third kappa shape index (κ3) is 3.63. The van der Waals surface area contributed by atoms with Gasteiger partial charge in [-0.3, -0.25) is 0 Å². The molecule has 5 heteroatoms. The Morgan fingerprint density at radius 2 is 2.11 bits per heavy atom. The van der Waals surface area contributed by atoms with Gasteiger partial charge in [0.1, 0.15) is 16.2 Å². The number of aliphatic hydroxyl groups excluding tert-OH is 1. The van der Waals surface area contributed by atoms with Crippen molar-refractivity contribution in [3.8, 4) is 5.75 Å². The molecule has 0 aliphatic rings. The Kier molecular flexibility index (Phi) is 5.11. The lowest BCUT2D eigenvalue weighted by atomic mass is 10.0. The number of aliphatic hydroxyl groups is 1. The van der Waals surface area contributed by atoms with Crippen molar-refractivity contribution >= 4 is 34.5 Å². The van der Waals surface area contributed by atoms with E-state index in [1.54, 1.807) is 6.07 Å². The van der Waals surface area contributed by atoms with Crippen LogP contribution in [0.2, 0.25) is 8.67 Å². The molecule has 0 saturated heterocycles. The van der Waals surface area contributed by atoms with Gasteiger partial charge in [0.15, 0.2) is 0 Å². The van der Waals surface area contributed by atoms with E-state index in [1.165, 1.54) is 11.3 Å². The van der Waals surface area contributed by atoms with Crippen LogP contribution in [-0.4, -0.2) is 11.7 Å². The highest BCUT2D eigenvalue weighted by Gasteiger charge is 2.17. The number of rotatable bonds is 5. The Balaban J connectivity index is 2.23. The fraction of sp³-hybridized carbons (Fsp3) is 0.286. The summed E-state index contributed by atoms with van der Waals surface area (Å²) in [7, 11) is 0. The van der Waals surface area contributed by atoms with Crippen LogP contribution in [0, 0.1) is 0 Å². The normalized spacial score (nSPS) is 12.4. The lowest BCUT2D eigenvalue weighted by Crippen LogP contribution is -2.00. The second-order valence-corrected chi connectivity index (χ2v) is 6.39. The molecule has 0 bridgehead atoms. The molecule has 0 saturated carbocycles. The molecule has 1 N–H and O–H groups in total. The van der Waals surface area contributed by atoms with Gasteiger partial charge >= 0.3 is 0 Å². The van der Waals surface area contributed by atoms with Gasteiger partial charge in [0.05, 0.1) is 10.9 Å². The van der Waals surface area contributed by atoms with Crippen LogP contribution in [0.5, 0.6) is 5.75 Å². The van der Waals surface area contributed by atoms with Crippen LogP contribution in [0.1, 0.15) is 30.6 Å². The molecule has 0 fully saturated rings. The minimum atomic E-state index is -0.790. The first kappa shape index (κ1) is 14.7. The average Bonchev–Trinajstić information content (AvgIpc) is 2.75. The van der Waals surface area contributed by atoms with E-state index in [1.807, 2.05) is 31.2 Å². The molecule has 0 aliphatic carbocycles. The van der Waals surface area contributed by atoms with Crippen LogP contribution in [0.25, 0.3) is 0 Å². The van der Waals surface area contributed by atoms with Crippen LogP contribution < -0.4 is 4.74 Å². The third-order valence-electron chi connectivity index (χ3n) is 2.62. The average molecular weight is 317 g/mol. The number of ether oxygens (including phenoxy) is 1. The van der Waals surface area contributed by atoms with Gasteiger partial charge in [-0.05, 0) is 30.2 Å². The van der Waals surface area contributed by atoms with E-state index in [9.17, 15) is 5.11 Å². The molecule has 19 heavy (non-hydrogen) atoms. The molecular weight excluding hydrogens is 303 g/mol. The van der Waals surface area contributed by atoms with Crippen LogP contribution >= 0.6 is 34.5 Å². The SMILES string of the molecule is CCCOc1cccc(C(O)c2cc(Cl)sc2Cl)c1. The van der Waals surface area contributed by atoms with Crippen molar-refractivity contribution in [1.29, 1.82) is 0 Å². The highest BCUT2D eigenvalue weighted by atomic mass is 35.5. The van der Waals surface area contributed by atoms with Gasteiger partial charge in [-0.1, -0.05) is 42.3 Å². The molecule has 2 nitrogen and oxygen atoms in total. The van der Waals surface area contributed by atoms with Gasteiger partial charge in [0, 0.05) is 5.56 Å². The van der Waals surface area contributed by atoms with Crippen molar-refractivity contribution in [3.05, 3.63) is 50.1 Å². The van der Waals surface area contributed by atoms with Gasteiger partial charge in [-0.2, -0.15) is 0 Å². The van der Waals surface area contributed by atoms with E-state index in [4.69, 9.17) is 27.9 Å². The molecule has 1 atom stereocenters. The first-order chi connectivity index (χ1) is 9.11. The summed E-state index contributed by atoms with van der Waals surface area (Å²) in [5.41, 5.74) is 1.37. The molecule has 0 amide bonds. The molecule has 1 heterocycles. The maximum atomic E-state index is 10.3. The third-order valence-corrected chi connectivity index (χ3v) is 4.14. The predicted molar refractivity (Wildman–Crippen MR) is 80.6 cm³/mol. The Hall–Kier alpha value is -0.740. The number of benzene rings is 1. The Labute approximate surface area is 126 Å². The maximum absolute atomic E-state index is 10.3. The Bertz CT molecular complexity index is 554. The van der Waals surface area contributed by atoms with Crippen molar-refractivity contribution in [3.63, 3.8) is 0 Å². The molecule has 1 unspecified atom stereocenters. The van der Waals surface area contributed by atoms with Gasteiger partial charge in [0.2, 0.25) is 0 Å². The van der Waals surface area contributed by atoms with Gasteiger partial charge < -0.3 is 9.84 Å². The molecule has 102 valence electrons. The molecule has 0 aliphatic heterocycles. The fourth-order valence-electron chi connectivity index (χ4n) is 1.71. The fourth-order valence-corrected chi connectivity index (χ4v) is 3.23. The van der Waals surface area contributed by atoms with Crippen molar-refractivity contribution in [2.45, 2.75) is 19.4 Å². The van der Waals surface area contributed by atoms with Crippen LogP contribution in [0.15, 0.2) is 30.3 Å². The van der Waals surface area contributed by atoms with Crippen molar-refractivity contribution in [2.24, 2.45) is 0 Å². The second kappa shape index (κ2) is 6.62. The van der Waals surface area contributed by atoms with Crippen molar-refractivity contribution in [2.75, 3.05) is 6.61 Å². The molecular formula is C14H14Cl2O2S. The maximum Gasteiger partial charge on any atom is 0.119 e. The van der Waals surface area contributed by atoms with E-state index in [-0.39, 0.29) is 0 Å². The van der Waals surface area contributed by atoms with Gasteiger partial charge in [-0.25, -0.2) is 0 Å². The first-order valence-corrected chi connectivity index (χ1v) is 7.54. The molecule has 0 spiro atoms. The molecule has 0 radical (unpaired) electrons. The van der Waals surface area contributed by atoms with Crippen LogP contribution in [0.3, 0.4) is 0 Å². The van der Waals surface area contributed by atoms with E-state index in [2.05, 4.69) is 0 Å². The van der Waals surface area contributed by atoms with Crippen LogP contribution in [0.4, 0.5) is 0 Å². The van der Waals surface area contributed by atoms with Crippen molar-refractivity contribution < 1.29 is 9.84 Å². The van der Waals surface area contributed by atoms with E-state index in [0.717, 1.165) is 17.7 Å². The number of hydrogen-bond donors (Lipinski definition) is 1. The minimum absolute atomic E-state index is 0.511. The number of halogens is 2. The molecule has 2 aromatic rings. The smallest absolute Gasteiger partial charge is 0.119 e. The zero-order chi connectivity index (χ0) is 13.8. The second-order valence-electron chi connectivity index (χ2n) is 4.10. The summed E-state index contributed by atoms with van der Waals surface area (Å²) < 4.78 is 6.63. The van der Waals surface area contributed by atoms with Crippen molar-refractivity contribution in [1.82, 2.24) is 0 Å². The minimum Gasteiger partial charge on any atom is -0.494 e. The summed E-state index contributed by atoms with van der Waals surface area (Å²) in [6, 6.07) is 9.08. The number of thiophene rings is 1.